The van der Waals surface area contributed by atoms with E-state index in [9.17, 15) is 9.59 Å². The maximum absolute atomic E-state index is 13.5. The van der Waals surface area contributed by atoms with Gasteiger partial charge in [-0.2, -0.15) is 0 Å². The molecule has 2 aromatic carbocycles. The summed E-state index contributed by atoms with van der Waals surface area (Å²) in [5.74, 6) is -0.278. The number of piperazine rings is 1. The first-order chi connectivity index (χ1) is 18.9. The molecule has 7 nitrogen and oxygen atoms in total. The predicted octanol–water partition coefficient (Wildman–Crippen LogP) is 5.18. The highest BCUT2D eigenvalue weighted by Gasteiger charge is 2.41. The summed E-state index contributed by atoms with van der Waals surface area (Å²) in [6.07, 6.45) is 0.883. The lowest BCUT2D eigenvalue weighted by molar-refractivity contribution is -0.136. The van der Waals surface area contributed by atoms with E-state index in [1.807, 2.05) is 42.4 Å². The number of amidine groups is 1. The van der Waals surface area contributed by atoms with E-state index in [2.05, 4.69) is 47.1 Å². The molecule has 5 rings (SSSR count). The second-order valence-corrected chi connectivity index (χ2v) is 11.2. The summed E-state index contributed by atoms with van der Waals surface area (Å²) in [7, 11) is 1.41. The molecule has 1 saturated heterocycles. The zero-order valence-electron chi connectivity index (χ0n) is 23.1. The van der Waals surface area contributed by atoms with Crippen molar-refractivity contribution in [1.29, 1.82) is 0 Å². The number of nitrogens with zero attached hydrogens (tertiary/aromatic N) is 4. The number of ether oxygens (including phenoxy) is 1. The maximum Gasteiger partial charge on any atom is 0.338 e. The van der Waals surface area contributed by atoms with Crippen molar-refractivity contribution in [1.82, 2.24) is 14.7 Å². The van der Waals surface area contributed by atoms with Crippen LogP contribution in [0.25, 0.3) is 0 Å². The molecule has 0 aliphatic carbocycles. The van der Waals surface area contributed by atoms with Crippen LogP contribution < -0.4 is 0 Å². The number of benzene rings is 2. The van der Waals surface area contributed by atoms with E-state index in [1.165, 1.54) is 30.0 Å². The van der Waals surface area contributed by atoms with Gasteiger partial charge in [0.2, 0.25) is 5.91 Å². The second kappa shape index (κ2) is 11.8. The van der Waals surface area contributed by atoms with Crippen LogP contribution in [0.5, 0.6) is 0 Å². The van der Waals surface area contributed by atoms with Gasteiger partial charge in [0.15, 0.2) is 5.17 Å². The molecule has 3 aliphatic rings. The molecule has 0 spiro atoms. The van der Waals surface area contributed by atoms with Crippen LogP contribution in [-0.2, 0) is 20.9 Å². The number of hydrogen-bond donors (Lipinski definition) is 0. The lowest BCUT2D eigenvalue weighted by Gasteiger charge is -2.38. The van der Waals surface area contributed by atoms with Crippen LogP contribution in [-0.4, -0.2) is 65.0 Å². The van der Waals surface area contributed by atoms with Crippen LogP contribution in [0.3, 0.4) is 0 Å². The van der Waals surface area contributed by atoms with Gasteiger partial charge in [-0.15, -0.1) is 0 Å². The van der Waals surface area contributed by atoms with E-state index in [4.69, 9.17) is 9.73 Å². The number of esters is 1. The van der Waals surface area contributed by atoms with Crippen molar-refractivity contribution in [3.8, 4) is 0 Å². The third kappa shape index (κ3) is 5.82. The molecule has 204 valence electrons. The van der Waals surface area contributed by atoms with Gasteiger partial charge in [0.05, 0.1) is 30.8 Å². The molecule has 8 heteroatoms. The van der Waals surface area contributed by atoms with E-state index in [1.54, 1.807) is 0 Å². The topological polar surface area (TPSA) is 65.5 Å². The summed E-state index contributed by atoms with van der Waals surface area (Å²) in [5, 5.41) is 2.82. The zero-order valence-corrected chi connectivity index (χ0v) is 24.0. The Morgan fingerprint density at radius 2 is 1.77 bits per heavy atom. The molecule has 3 aliphatic heterocycles. The molecule has 1 amide bonds. The molecule has 1 fully saturated rings. The molecule has 0 unspecified atom stereocenters. The fourth-order valence-electron chi connectivity index (χ4n) is 5.44. The summed E-state index contributed by atoms with van der Waals surface area (Å²) in [5.41, 5.74) is 6.80. The summed E-state index contributed by atoms with van der Waals surface area (Å²) in [4.78, 5) is 37.8. The lowest BCUT2D eigenvalue weighted by atomic mass is 9.92. The van der Waals surface area contributed by atoms with Gasteiger partial charge in [-0.3, -0.25) is 9.69 Å². The Kier molecular flexibility index (Phi) is 8.23. The van der Waals surface area contributed by atoms with Gasteiger partial charge in [-0.1, -0.05) is 78.3 Å². The van der Waals surface area contributed by atoms with Crippen LogP contribution in [0, 0.1) is 13.8 Å². The minimum atomic E-state index is -0.389. The molecular weight excluding hydrogens is 508 g/mol. The van der Waals surface area contributed by atoms with Gasteiger partial charge in [-0.25, -0.2) is 9.79 Å². The van der Waals surface area contributed by atoms with Crippen molar-refractivity contribution in [2.75, 3.05) is 33.3 Å². The number of fused-ring (bicyclic) bond motifs is 1. The van der Waals surface area contributed by atoms with Crippen LogP contribution in [0.15, 0.2) is 75.9 Å². The maximum atomic E-state index is 13.5. The molecular formula is C31H36N4O3S. The molecule has 3 heterocycles. The molecule has 39 heavy (non-hydrogen) atoms. The first-order valence-corrected chi connectivity index (χ1v) is 14.4. The number of rotatable bonds is 7. The van der Waals surface area contributed by atoms with Crippen molar-refractivity contribution in [3.05, 3.63) is 93.2 Å². The van der Waals surface area contributed by atoms with Crippen LogP contribution in [0.4, 0.5) is 0 Å². The van der Waals surface area contributed by atoms with Crippen LogP contribution in [0.1, 0.15) is 48.1 Å². The molecule has 0 N–H and O–H groups in total. The highest BCUT2D eigenvalue weighted by Crippen LogP contribution is 2.45. The smallest absolute Gasteiger partial charge is 0.338 e. The zero-order chi connectivity index (χ0) is 27.5. The first-order valence-electron chi connectivity index (χ1n) is 13.5. The van der Waals surface area contributed by atoms with Crippen molar-refractivity contribution in [2.45, 2.75) is 46.2 Å². The third-order valence-corrected chi connectivity index (χ3v) is 8.46. The van der Waals surface area contributed by atoms with Crippen molar-refractivity contribution >= 4 is 28.8 Å². The monoisotopic (exact) mass is 544 g/mol. The Bertz CT molecular complexity index is 1340. The second-order valence-electron chi connectivity index (χ2n) is 10.3. The number of amides is 1. The van der Waals surface area contributed by atoms with E-state index in [0.717, 1.165) is 47.3 Å². The van der Waals surface area contributed by atoms with Crippen molar-refractivity contribution in [2.24, 2.45) is 4.99 Å². The Balaban J connectivity index is 1.32. The summed E-state index contributed by atoms with van der Waals surface area (Å²) in [6, 6.07) is 16.4. The molecule has 2 aromatic rings. The molecule has 1 atom stereocenters. The van der Waals surface area contributed by atoms with Crippen molar-refractivity contribution < 1.29 is 14.3 Å². The summed E-state index contributed by atoms with van der Waals surface area (Å²) in [6.45, 7) is 10.2. The molecule has 0 bridgehead atoms. The van der Waals surface area contributed by atoms with Crippen LogP contribution >= 0.6 is 11.8 Å². The standard InChI is InChI=1S/C31H36N4O3S/c1-5-26-28(30(37)38-4)29(24-8-6-7-22(3)17-24)35-25(20-39-31(35)32-26)18-27(36)34-15-13-33(14-16-34)19-23-11-9-21(2)10-12-23/h6-12,17,20,29H,5,13-16,18-19H2,1-4H3/t29-/m0/s1. The average Bonchev–Trinajstić information content (AvgIpc) is 3.35. The lowest BCUT2D eigenvalue weighted by Crippen LogP contribution is -2.48. The SMILES string of the molecule is CCC1=C(C(=O)OC)[C@H](c2cccc(C)c2)N2C(CC(=O)N3CCN(Cc4ccc(C)cc4)CC3)=CSC2=N1. The predicted molar refractivity (Wildman–Crippen MR) is 156 cm³/mol. The van der Waals surface area contributed by atoms with Gasteiger partial charge in [0, 0.05) is 38.4 Å². The highest BCUT2D eigenvalue weighted by atomic mass is 32.2. The third-order valence-electron chi connectivity index (χ3n) is 7.57. The number of methoxy groups -OCH3 is 1. The Morgan fingerprint density at radius 3 is 2.44 bits per heavy atom. The summed E-state index contributed by atoms with van der Waals surface area (Å²) >= 11 is 1.52. The number of allylic oxidation sites excluding steroid dienone is 1. The van der Waals surface area contributed by atoms with Gasteiger partial charge < -0.3 is 14.5 Å². The molecule has 0 saturated carbocycles. The van der Waals surface area contributed by atoms with E-state index in [0.29, 0.717) is 25.1 Å². The number of carbonyl (C=O) groups is 2. The number of hydrogen-bond acceptors (Lipinski definition) is 7. The fraction of sp³-hybridized carbons (Fsp3) is 0.387. The summed E-state index contributed by atoms with van der Waals surface area (Å²) < 4.78 is 5.22. The Morgan fingerprint density at radius 1 is 1.03 bits per heavy atom. The van der Waals surface area contributed by atoms with Gasteiger partial charge in [0.1, 0.15) is 0 Å². The van der Waals surface area contributed by atoms with Gasteiger partial charge >= 0.3 is 5.97 Å². The van der Waals surface area contributed by atoms with Crippen LogP contribution in [0.2, 0.25) is 0 Å². The first kappa shape index (κ1) is 27.2. The molecule has 0 radical (unpaired) electrons. The van der Waals surface area contributed by atoms with Gasteiger partial charge in [0.25, 0.3) is 0 Å². The minimum absolute atomic E-state index is 0.103. The van der Waals surface area contributed by atoms with E-state index in [-0.39, 0.29) is 24.3 Å². The van der Waals surface area contributed by atoms with E-state index >= 15 is 0 Å². The van der Waals surface area contributed by atoms with Gasteiger partial charge in [-0.05, 0) is 36.8 Å². The largest absolute Gasteiger partial charge is 0.466 e. The van der Waals surface area contributed by atoms with E-state index < -0.39 is 0 Å². The highest BCUT2D eigenvalue weighted by molar-refractivity contribution is 8.16. The molecule has 0 aromatic heterocycles. The number of thioether (sulfide) groups is 1. The quantitative estimate of drug-likeness (QED) is 0.448. The number of aliphatic imine (C=N–C) groups is 1. The fourth-order valence-corrected chi connectivity index (χ4v) is 6.38. The minimum Gasteiger partial charge on any atom is -0.466 e. The normalized spacial score (nSPS) is 19.5. The average molecular weight is 545 g/mol. The number of aryl methyl sites for hydroxylation is 2. The van der Waals surface area contributed by atoms with Crippen molar-refractivity contribution in [3.63, 3.8) is 0 Å². The number of carbonyl (C=O) groups excluding carboxylic acids is 2. The Labute approximate surface area is 235 Å². The Hall–Kier alpha value is -3.36.